The first kappa shape index (κ1) is 7.22. The van der Waals surface area contributed by atoms with Crippen LogP contribution in [0.5, 0.6) is 5.75 Å². The molecule has 1 N–H and O–H groups in total. The second kappa shape index (κ2) is 2.27. The van der Waals surface area contributed by atoms with Crippen molar-refractivity contribution in [1.29, 1.82) is 0 Å². The van der Waals surface area contributed by atoms with Crippen LogP contribution >= 0.6 is 0 Å². The monoisotopic (exact) mass is 161 g/mol. The summed E-state index contributed by atoms with van der Waals surface area (Å²) in [6.07, 6.45) is 0. The van der Waals surface area contributed by atoms with Crippen molar-refractivity contribution in [2.24, 2.45) is 7.05 Å². The quantitative estimate of drug-likeness (QED) is 0.629. The predicted molar refractivity (Wildman–Crippen MR) is 49.3 cm³/mol. The van der Waals surface area contributed by atoms with Gasteiger partial charge in [-0.2, -0.15) is 0 Å². The van der Waals surface area contributed by atoms with Gasteiger partial charge in [0.2, 0.25) is 0 Å². The zero-order valence-corrected chi connectivity index (χ0v) is 7.20. The summed E-state index contributed by atoms with van der Waals surface area (Å²) in [7, 11) is 1.96. The van der Waals surface area contributed by atoms with E-state index in [1.807, 2.05) is 42.8 Å². The van der Waals surface area contributed by atoms with Crippen molar-refractivity contribution in [2.75, 3.05) is 0 Å². The van der Waals surface area contributed by atoms with Gasteiger partial charge in [-0.1, -0.05) is 12.1 Å². The lowest BCUT2D eigenvalue weighted by Crippen LogP contribution is -1.88. The minimum atomic E-state index is 0.396. The van der Waals surface area contributed by atoms with Crippen LogP contribution in [0.25, 0.3) is 10.9 Å². The van der Waals surface area contributed by atoms with Crippen LogP contribution in [0, 0.1) is 6.92 Å². The number of rotatable bonds is 0. The Morgan fingerprint density at radius 1 is 1.25 bits per heavy atom. The summed E-state index contributed by atoms with van der Waals surface area (Å²) in [6, 6.07) is 7.84. The highest BCUT2D eigenvalue weighted by Gasteiger charge is 2.08. The summed E-state index contributed by atoms with van der Waals surface area (Å²) >= 11 is 0. The molecule has 0 aliphatic rings. The number of hydrogen-bond acceptors (Lipinski definition) is 1. The Labute approximate surface area is 71.1 Å². The number of fused-ring (bicyclic) bond motifs is 1. The molecule has 0 saturated heterocycles. The van der Waals surface area contributed by atoms with Crippen LogP contribution in [0.3, 0.4) is 0 Å². The minimum absolute atomic E-state index is 0.396. The van der Waals surface area contributed by atoms with Crippen molar-refractivity contribution < 1.29 is 5.11 Å². The first-order chi connectivity index (χ1) is 5.72. The van der Waals surface area contributed by atoms with E-state index in [0.29, 0.717) is 5.75 Å². The number of aromatic nitrogens is 1. The summed E-state index contributed by atoms with van der Waals surface area (Å²) < 4.78 is 1.99. The largest absolute Gasteiger partial charge is 0.505 e. The van der Waals surface area contributed by atoms with E-state index in [2.05, 4.69) is 0 Å². The van der Waals surface area contributed by atoms with Gasteiger partial charge in [-0.05, 0) is 19.1 Å². The molecular weight excluding hydrogens is 150 g/mol. The third-order valence-electron chi connectivity index (χ3n) is 2.37. The molecule has 0 amide bonds. The van der Waals surface area contributed by atoms with Crippen LogP contribution in [0.2, 0.25) is 0 Å². The minimum Gasteiger partial charge on any atom is -0.505 e. The third kappa shape index (κ3) is 0.749. The molecular formula is C10H11NO. The number of nitrogens with zero attached hydrogens (tertiary/aromatic N) is 1. The molecule has 0 fully saturated rings. The van der Waals surface area contributed by atoms with Gasteiger partial charge in [-0.15, -0.1) is 0 Å². The fraction of sp³-hybridized carbons (Fsp3) is 0.200. The number of hydrogen-bond donors (Lipinski definition) is 1. The van der Waals surface area contributed by atoms with Gasteiger partial charge in [-0.25, -0.2) is 0 Å². The summed E-state index contributed by atoms with van der Waals surface area (Å²) in [6.45, 7) is 1.91. The molecule has 0 radical (unpaired) electrons. The third-order valence-corrected chi connectivity index (χ3v) is 2.37. The highest BCUT2D eigenvalue weighted by molar-refractivity contribution is 5.87. The van der Waals surface area contributed by atoms with E-state index in [1.54, 1.807) is 0 Å². The molecule has 0 unspecified atom stereocenters. The Bertz CT molecular complexity index is 390. The van der Waals surface area contributed by atoms with Crippen LogP contribution in [0.4, 0.5) is 0 Å². The van der Waals surface area contributed by atoms with Crippen molar-refractivity contribution in [3.63, 3.8) is 0 Å². The lowest BCUT2D eigenvalue weighted by molar-refractivity contribution is 0.474. The lowest BCUT2D eigenvalue weighted by Gasteiger charge is -1.95. The van der Waals surface area contributed by atoms with Crippen molar-refractivity contribution in [1.82, 2.24) is 4.57 Å². The molecule has 2 aromatic rings. The molecule has 12 heavy (non-hydrogen) atoms. The molecule has 1 aromatic carbocycles. The second-order valence-electron chi connectivity index (χ2n) is 3.01. The molecule has 0 aliphatic carbocycles. The van der Waals surface area contributed by atoms with Gasteiger partial charge >= 0.3 is 0 Å². The van der Waals surface area contributed by atoms with Crippen LogP contribution < -0.4 is 0 Å². The second-order valence-corrected chi connectivity index (χ2v) is 3.01. The van der Waals surface area contributed by atoms with Crippen molar-refractivity contribution in [3.8, 4) is 5.75 Å². The number of para-hydroxylation sites is 1. The lowest BCUT2D eigenvalue weighted by atomic mass is 10.2. The molecule has 0 atom stereocenters. The van der Waals surface area contributed by atoms with Gasteiger partial charge in [0, 0.05) is 12.4 Å². The van der Waals surface area contributed by atoms with E-state index in [-0.39, 0.29) is 0 Å². The van der Waals surface area contributed by atoms with E-state index < -0.39 is 0 Å². The molecule has 1 heterocycles. The molecule has 2 nitrogen and oxygen atoms in total. The van der Waals surface area contributed by atoms with Crippen LogP contribution in [-0.4, -0.2) is 9.67 Å². The fourth-order valence-electron chi connectivity index (χ4n) is 1.50. The number of aromatic hydroxyl groups is 1. The van der Waals surface area contributed by atoms with Crippen molar-refractivity contribution in [2.45, 2.75) is 6.92 Å². The SMILES string of the molecule is Cc1c(O)c2ccccc2n1C. The summed E-state index contributed by atoms with van der Waals surface area (Å²) in [4.78, 5) is 0. The average molecular weight is 161 g/mol. The van der Waals surface area contributed by atoms with Gasteiger partial charge in [0.1, 0.15) is 5.75 Å². The van der Waals surface area contributed by atoms with Gasteiger partial charge < -0.3 is 9.67 Å². The summed E-state index contributed by atoms with van der Waals surface area (Å²) in [5.41, 5.74) is 1.99. The van der Waals surface area contributed by atoms with Crippen LogP contribution in [0.15, 0.2) is 24.3 Å². The maximum atomic E-state index is 9.66. The molecule has 62 valence electrons. The number of benzene rings is 1. The Kier molecular flexibility index (Phi) is 1.37. The van der Waals surface area contributed by atoms with E-state index in [1.165, 1.54) is 0 Å². The standard InChI is InChI=1S/C10H11NO/c1-7-10(12)8-5-3-4-6-9(8)11(7)2/h3-6,12H,1-2H3. The molecule has 0 saturated carbocycles. The Morgan fingerprint density at radius 2 is 1.92 bits per heavy atom. The first-order valence-electron chi connectivity index (χ1n) is 3.95. The molecule has 0 spiro atoms. The molecule has 2 heteroatoms. The molecule has 1 aromatic heterocycles. The van der Waals surface area contributed by atoms with Crippen LogP contribution in [0.1, 0.15) is 5.69 Å². The number of aryl methyl sites for hydroxylation is 1. The molecule has 2 rings (SSSR count). The molecule has 0 bridgehead atoms. The average Bonchev–Trinajstić information content (AvgIpc) is 2.33. The Morgan fingerprint density at radius 3 is 2.58 bits per heavy atom. The topological polar surface area (TPSA) is 25.2 Å². The van der Waals surface area contributed by atoms with E-state index in [9.17, 15) is 5.11 Å². The first-order valence-corrected chi connectivity index (χ1v) is 3.95. The van der Waals surface area contributed by atoms with Gasteiger partial charge in [0.25, 0.3) is 0 Å². The fourth-order valence-corrected chi connectivity index (χ4v) is 1.50. The highest BCUT2D eigenvalue weighted by Crippen LogP contribution is 2.29. The Balaban J connectivity index is 2.99. The van der Waals surface area contributed by atoms with Crippen molar-refractivity contribution in [3.05, 3.63) is 30.0 Å². The van der Waals surface area contributed by atoms with Crippen molar-refractivity contribution >= 4 is 10.9 Å². The van der Waals surface area contributed by atoms with E-state index >= 15 is 0 Å². The predicted octanol–water partition coefficient (Wildman–Crippen LogP) is 2.19. The normalized spacial score (nSPS) is 10.8. The zero-order valence-electron chi connectivity index (χ0n) is 7.20. The maximum Gasteiger partial charge on any atom is 0.144 e. The maximum absolute atomic E-state index is 9.66. The summed E-state index contributed by atoms with van der Waals surface area (Å²) in [5.74, 6) is 0.396. The molecule has 0 aliphatic heterocycles. The Hall–Kier alpha value is -1.44. The zero-order chi connectivity index (χ0) is 8.72. The van der Waals surface area contributed by atoms with Gasteiger partial charge in [0.15, 0.2) is 0 Å². The van der Waals surface area contributed by atoms with Gasteiger partial charge in [0.05, 0.1) is 11.2 Å². The van der Waals surface area contributed by atoms with Gasteiger partial charge in [-0.3, -0.25) is 0 Å². The highest BCUT2D eigenvalue weighted by atomic mass is 16.3. The van der Waals surface area contributed by atoms with E-state index in [4.69, 9.17) is 0 Å². The van der Waals surface area contributed by atoms with E-state index in [0.717, 1.165) is 16.6 Å². The summed E-state index contributed by atoms with van der Waals surface area (Å²) in [5, 5.41) is 10.6. The smallest absolute Gasteiger partial charge is 0.144 e. The van der Waals surface area contributed by atoms with Crippen LogP contribution in [-0.2, 0) is 7.05 Å².